The quantitative estimate of drug-likeness (QED) is 0.515. The van der Waals surface area contributed by atoms with E-state index in [0.29, 0.717) is 16.3 Å². The van der Waals surface area contributed by atoms with Gasteiger partial charge in [-0.25, -0.2) is 4.98 Å². The van der Waals surface area contributed by atoms with E-state index in [2.05, 4.69) is 29.6 Å². The second-order valence-corrected chi connectivity index (χ2v) is 7.86. The summed E-state index contributed by atoms with van der Waals surface area (Å²) in [5, 5.41) is 5.98. The van der Waals surface area contributed by atoms with Gasteiger partial charge in [-0.3, -0.25) is 14.9 Å². The molecule has 132 valence electrons. The van der Waals surface area contributed by atoms with E-state index < -0.39 is 0 Å². The van der Waals surface area contributed by atoms with E-state index in [1.54, 1.807) is 24.3 Å². The van der Waals surface area contributed by atoms with Gasteiger partial charge < -0.3 is 0 Å². The zero-order valence-corrected chi connectivity index (χ0v) is 15.5. The van der Waals surface area contributed by atoms with Crippen LogP contribution in [-0.2, 0) is 12.8 Å². The molecule has 1 heterocycles. The number of aryl methyl sites for hydroxylation is 2. The predicted molar refractivity (Wildman–Crippen MR) is 109 cm³/mol. The number of fused-ring (bicyclic) bond motifs is 2. The summed E-state index contributed by atoms with van der Waals surface area (Å²) in [5.41, 5.74) is 4.80. The summed E-state index contributed by atoms with van der Waals surface area (Å²) >= 11 is 1.50. The molecule has 1 aromatic heterocycles. The average molecular weight is 372 g/mol. The number of aromatic nitrogens is 1. The molecule has 4 aromatic rings. The summed E-state index contributed by atoms with van der Waals surface area (Å²) in [6.07, 6.45) is 2.15. The molecule has 0 unspecified atom stereocenters. The highest BCUT2D eigenvalue weighted by molar-refractivity contribution is 7.22. The minimum absolute atomic E-state index is 0.0170. The first-order valence-corrected chi connectivity index (χ1v) is 9.68. The number of rotatable bonds is 3. The van der Waals surface area contributed by atoms with Gasteiger partial charge in [0.05, 0.1) is 10.2 Å². The fraction of sp³-hybridized carbons (Fsp3) is 0.136. The Morgan fingerprint density at radius 2 is 1.74 bits per heavy atom. The lowest BCUT2D eigenvalue weighted by molar-refractivity contribution is 0.101. The predicted octanol–water partition coefficient (Wildman–Crippen LogP) is 5.00. The van der Waals surface area contributed by atoms with Crippen LogP contribution in [0.3, 0.4) is 0 Å². The molecule has 1 N–H and O–H groups in total. The van der Waals surface area contributed by atoms with Crippen molar-refractivity contribution in [1.29, 1.82) is 0 Å². The zero-order valence-electron chi connectivity index (χ0n) is 14.7. The molecule has 5 rings (SSSR count). The van der Waals surface area contributed by atoms with Crippen molar-refractivity contribution in [3.8, 4) is 0 Å². The molecule has 0 fully saturated rings. The van der Waals surface area contributed by atoms with E-state index in [1.165, 1.54) is 40.2 Å². The Morgan fingerprint density at radius 1 is 1.00 bits per heavy atom. The number of Topliss-reactive ketones (excluding diaryl/α,β-unsaturated/α-hetero) is 1. The van der Waals surface area contributed by atoms with Crippen LogP contribution in [0.25, 0.3) is 21.0 Å². The fourth-order valence-corrected chi connectivity index (χ4v) is 4.73. The largest absolute Gasteiger partial charge is 0.298 e. The number of ketones is 1. The summed E-state index contributed by atoms with van der Waals surface area (Å²) in [7, 11) is 0. The van der Waals surface area contributed by atoms with Crippen LogP contribution in [0.5, 0.6) is 0 Å². The summed E-state index contributed by atoms with van der Waals surface area (Å²) in [5.74, 6) is -0.238. The van der Waals surface area contributed by atoms with Crippen molar-refractivity contribution in [2.24, 2.45) is 0 Å². The number of carbonyl (C=O) groups is 2. The van der Waals surface area contributed by atoms with E-state index in [0.717, 1.165) is 23.1 Å². The molecule has 0 spiro atoms. The third kappa shape index (κ3) is 2.62. The van der Waals surface area contributed by atoms with Crippen LogP contribution in [0.4, 0.5) is 5.13 Å². The molecule has 27 heavy (non-hydrogen) atoms. The molecule has 1 aliphatic carbocycles. The van der Waals surface area contributed by atoms with Crippen LogP contribution >= 0.6 is 11.3 Å². The van der Waals surface area contributed by atoms with Gasteiger partial charge in [-0.2, -0.15) is 0 Å². The molecular weight excluding hydrogens is 356 g/mol. The van der Waals surface area contributed by atoms with Crippen molar-refractivity contribution in [1.82, 2.24) is 4.98 Å². The number of carbonyl (C=O) groups excluding carboxylic acids is 2. The second-order valence-electron chi connectivity index (χ2n) is 6.83. The Balaban J connectivity index is 1.51. The molecule has 0 aliphatic heterocycles. The summed E-state index contributed by atoms with van der Waals surface area (Å²) in [6.45, 7) is 1.51. The number of benzene rings is 3. The zero-order chi connectivity index (χ0) is 18.5. The Hall–Kier alpha value is -3.05. The maximum absolute atomic E-state index is 12.5. The molecule has 1 aliphatic rings. The minimum Gasteiger partial charge on any atom is -0.298 e. The van der Waals surface area contributed by atoms with Gasteiger partial charge in [0, 0.05) is 16.5 Å². The van der Waals surface area contributed by atoms with E-state index in [4.69, 9.17) is 4.98 Å². The average Bonchev–Trinajstić information content (AvgIpc) is 3.27. The molecule has 1 amide bonds. The lowest BCUT2D eigenvalue weighted by Crippen LogP contribution is -2.11. The SMILES string of the molecule is CC(=O)c1ccc(C(=O)Nc2nc3c(cc4c5c(cccc53)CC4)s2)cc1. The lowest BCUT2D eigenvalue weighted by atomic mass is 10.0. The topological polar surface area (TPSA) is 59.1 Å². The monoisotopic (exact) mass is 372 g/mol. The highest BCUT2D eigenvalue weighted by Crippen LogP contribution is 2.39. The van der Waals surface area contributed by atoms with Crippen LogP contribution in [0.2, 0.25) is 0 Å². The number of anilines is 1. The standard InChI is InChI=1S/C22H16N2O2S/c1-12(25)13-5-8-15(9-6-13)21(26)24-22-23-20-17-4-2-3-14-7-10-16(19(14)17)11-18(20)27-22/h2-6,8-9,11H,7,10H2,1H3,(H,23,24,26). The van der Waals surface area contributed by atoms with Gasteiger partial charge in [0.2, 0.25) is 0 Å². The van der Waals surface area contributed by atoms with Gasteiger partial charge in [-0.05, 0) is 54.5 Å². The first kappa shape index (κ1) is 16.1. The van der Waals surface area contributed by atoms with Crippen molar-refractivity contribution in [3.05, 3.63) is 70.8 Å². The van der Waals surface area contributed by atoms with Gasteiger partial charge in [-0.15, -0.1) is 0 Å². The van der Waals surface area contributed by atoms with Crippen molar-refractivity contribution >= 4 is 49.1 Å². The fourth-order valence-electron chi connectivity index (χ4n) is 3.78. The van der Waals surface area contributed by atoms with Crippen LogP contribution in [-0.4, -0.2) is 16.7 Å². The van der Waals surface area contributed by atoms with Crippen molar-refractivity contribution < 1.29 is 9.59 Å². The number of nitrogens with one attached hydrogen (secondary N) is 1. The van der Waals surface area contributed by atoms with Gasteiger partial charge in [0.25, 0.3) is 5.91 Å². The van der Waals surface area contributed by atoms with E-state index in [9.17, 15) is 9.59 Å². The number of thiazole rings is 1. The maximum Gasteiger partial charge on any atom is 0.257 e. The van der Waals surface area contributed by atoms with Crippen LogP contribution in [0, 0.1) is 0 Å². The highest BCUT2D eigenvalue weighted by atomic mass is 32.1. The number of hydrogen-bond acceptors (Lipinski definition) is 4. The van der Waals surface area contributed by atoms with E-state index in [1.807, 2.05) is 0 Å². The Labute approximate surface area is 159 Å². The van der Waals surface area contributed by atoms with Gasteiger partial charge >= 0.3 is 0 Å². The van der Waals surface area contributed by atoms with Crippen molar-refractivity contribution in [2.45, 2.75) is 19.8 Å². The Bertz CT molecular complexity index is 1240. The lowest BCUT2D eigenvalue weighted by Gasteiger charge is -2.02. The molecular formula is C22H16N2O2S. The molecule has 3 aromatic carbocycles. The summed E-state index contributed by atoms with van der Waals surface area (Å²) in [6, 6.07) is 15.3. The first-order chi connectivity index (χ1) is 13.1. The molecule has 0 saturated carbocycles. The van der Waals surface area contributed by atoms with E-state index in [-0.39, 0.29) is 11.7 Å². The molecule has 0 saturated heterocycles. The van der Waals surface area contributed by atoms with Crippen LogP contribution in [0.1, 0.15) is 38.8 Å². The van der Waals surface area contributed by atoms with Crippen LogP contribution < -0.4 is 5.32 Å². The van der Waals surface area contributed by atoms with Crippen LogP contribution in [0.15, 0.2) is 48.5 Å². The second kappa shape index (κ2) is 5.99. The number of hydrogen-bond donors (Lipinski definition) is 1. The van der Waals surface area contributed by atoms with Crippen molar-refractivity contribution in [2.75, 3.05) is 5.32 Å². The smallest absolute Gasteiger partial charge is 0.257 e. The molecule has 0 bridgehead atoms. The number of amides is 1. The molecule has 5 heteroatoms. The minimum atomic E-state index is -0.221. The maximum atomic E-state index is 12.5. The summed E-state index contributed by atoms with van der Waals surface area (Å²) < 4.78 is 1.10. The third-order valence-electron chi connectivity index (χ3n) is 5.12. The molecule has 4 nitrogen and oxygen atoms in total. The first-order valence-electron chi connectivity index (χ1n) is 8.86. The summed E-state index contributed by atoms with van der Waals surface area (Å²) in [4.78, 5) is 28.6. The number of nitrogens with zero attached hydrogens (tertiary/aromatic N) is 1. The third-order valence-corrected chi connectivity index (χ3v) is 6.04. The normalized spacial score (nSPS) is 12.6. The molecule has 0 radical (unpaired) electrons. The highest BCUT2D eigenvalue weighted by Gasteiger charge is 2.19. The van der Waals surface area contributed by atoms with Crippen molar-refractivity contribution in [3.63, 3.8) is 0 Å². The Kier molecular flexibility index (Phi) is 3.58. The van der Waals surface area contributed by atoms with Gasteiger partial charge in [-0.1, -0.05) is 41.7 Å². The molecule has 0 atom stereocenters. The van der Waals surface area contributed by atoms with Gasteiger partial charge in [0.1, 0.15) is 0 Å². The Morgan fingerprint density at radius 3 is 2.52 bits per heavy atom. The van der Waals surface area contributed by atoms with E-state index >= 15 is 0 Å². The van der Waals surface area contributed by atoms with Gasteiger partial charge in [0.15, 0.2) is 10.9 Å².